The molecule has 0 aliphatic heterocycles. The van der Waals surface area contributed by atoms with Gasteiger partial charge in [0.15, 0.2) is 0 Å². The van der Waals surface area contributed by atoms with Crippen LogP contribution in [0.1, 0.15) is 27.2 Å². The second-order valence-corrected chi connectivity index (χ2v) is 6.89. The number of aromatic amines is 1. The molecular weight excluding hydrogens is 405 g/mol. The molecule has 150 valence electrons. The minimum Gasteiger partial charge on any atom is -0.326 e. The Morgan fingerprint density at radius 1 is 1.07 bits per heavy atom. The van der Waals surface area contributed by atoms with Crippen LogP contribution in [0.15, 0.2) is 65.5 Å². The number of rotatable bonds is 4. The lowest BCUT2D eigenvalue weighted by Crippen LogP contribution is -2.34. The number of anilines is 1. The minimum atomic E-state index is -4.56. The Balaban J connectivity index is 2.07. The number of carbonyl (C=O) groups is 1. The summed E-state index contributed by atoms with van der Waals surface area (Å²) in [6.45, 7) is 1.62. The first kappa shape index (κ1) is 20.7. The fourth-order valence-corrected chi connectivity index (χ4v) is 2.91. The van der Waals surface area contributed by atoms with Crippen molar-refractivity contribution in [2.75, 3.05) is 4.90 Å². The molecule has 0 bridgehead atoms. The van der Waals surface area contributed by atoms with E-state index in [2.05, 4.69) is 4.98 Å². The third kappa shape index (κ3) is 4.86. The highest BCUT2D eigenvalue weighted by Crippen LogP contribution is 2.32. The number of nitrogens with zero attached hydrogens (tertiary/aromatic N) is 1. The van der Waals surface area contributed by atoms with Crippen LogP contribution < -0.4 is 10.5 Å². The molecular formula is C21H16ClF3N2O2. The largest absolute Gasteiger partial charge is 0.416 e. The predicted molar refractivity (Wildman–Crippen MR) is 105 cm³/mol. The third-order valence-electron chi connectivity index (χ3n) is 4.27. The van der Waals surface area contributed by atoms with Crippen molar-refractivity contribution in [1.29, 1.82) is 0 Å². The van der Waals surface area contributed by atoms with Gasteiger partial charge in [0.05, 0.1) is 12.1 Å². The summed E-state index contributed by atoms with van der Waals surface area (Å²) in [5, 5.41) is 0.487. The van der Waals surface area contributed by atoms with E-state index < -0.39 is 23.2 Å². The number of hydrogen-bond donors (Lipinski definition) is 1. The maximum absolute atomic E-state index is 13.2. The van der Waals surface area contributed by atoms with E-state index in [-0.39, 0.29) is 17.8 Å². The van der Waals surface area contributed by atoms with Crippen LogP contribution in [0.4, 0.5) is 18.9 Å². The van der Waals surface area contributed by atoms with E-state index in [4.69, 9.17) is 11.6 Å². The molecule has 0 aliphatic carbocycles. The lowest BCUT2D eigenvalue weighted by molar-refractivity contribution is -0.137. The Morgan fingerprint density at radius 3 is 2.38 bits per heavy atom. The molecule has 0 saturated heterocycles. The first-order valence-corrected chi connectivity index (χ1v) is 8.96. The Hall–Kier alpha value is -3.06. The van der Waals surface area contributed by atoms with Gasteiger partial charge in [-0.3, -0.25) is 9.59 Å². The summed E-state index contributed by atoms with van der Waals surface area (Å²) in [6, 6.07) is 13.9. The van der Waals surface area contributed by atoms with Gasteiger partial charge in [0, 0.05) is 16.4 Å². The van der Waals surface area contributed by atoms with Crippen molar-refractivity contribution in [2.24, 2.45) is 0 Å². The van der Waals surface area contributed by atoms with Crippen molar-refractivity contribution in [3.63, 3.8) is 0 Å². The molecule has 0 saturated carbocycles. The summed E-state index contributed by atoms with van der Waals surface area (Å²) in [6.07, 6.45) is -4.56. The summed E-state index contributed by atoms with van der Waals surface area (Å²) in [5.74, 6) is -0.708. The predicted octanol–water partition coefficient (Wildman–Crippen LogP) is 5.20. The van der Waals surface area contributed by atoms with Gasteiger partial charge in [-0.25, -0.2) is 0 Å². The molecule has 0 spiro atoms. The normalized spacial score (nSPS) is 11.3. The van der Waals surface area contributed by atoms with E-state index >= 15 is 0 Å². The molecule has 0 unspecified atom stereocenters. The zero-order valence-corrected chi connectivity index (χ0v) is 16.0. The molecule has 0 aliphatic rings. The van der Waals surface area contributed by atoms with Crippen LogP contribution in [-0.2, 0) is 12.7 Å². The van der Waals surface area contributed by atoms with Gasteiger partial charge in [0.1, 0.15) is 5.56 Å². The van der Waals surface area contributed by atoms with Crippen molar-refractivity contribution >= 4 is 23.2 Å². The van der Waals surface area contributed by atoms with Crippen molar-refractivity contribution < 1.29 is 18.0 Å². The standard InChI is InChI=1S/C21H16ClF3N2O2/c1-13-5-10-18(19(28)26-13)20(29)27(12-14-6-8-16(22)9-7-14)17-4-2-3-15(11-17)21(23,24)25/h2-11H,12H2,1H3,(H,26,28). The van der Waals surface area contributed by atoms with Gasteiger partial charge in [-0.15, -0.1) is 0 Å². The molecule has 1 amide bonds. The number of alkyl halides is 3. The molecule has 0 radical (unpaired) electrons. The van der Waals surface area contributed by atoms with Crippen molar-refractivity contribution in [3.8, 4) is 0 Å². The van der Waals surface area contributed by atoms with E-state index in [1.807, 2.05) is 0 Å². The second-order valence-electron chi connectivity index (χ2n) is 6.45. The molecule has 1 aromatic heterocycles. The number of carbonyl (C=O) groups excluding carboxylic acids is 1. The Kier molecular flexibility index (Phi) is 5.79. The van der Waals surface area contributed by atoms with Gasteiger partial charge < -0.3 is 9.88 Å². The monoisotopic (exact) mass is 420 g/mol. The first-order valence-electron chi connectivity index (χ1n) is 8.58. The molecule has 8 heteroatoms. The average molecular weight is 421 g/mol. The van der Waals surface area contributed by atoms with Crippen molar-refractivity contribution in [3.05, 3.63) is 98.4 Å². The van der Waals surface area contributed by atoms with Crippen molar-refractivity contribution in [2.45, 2.75) is 19.6 Å². The van der Waals surface area contributed by atoms with Gasteiger partial charge in [-0.1, -0.05) is 29.8 Å². The number of pyridine rings is 1. The molecule has 4 nitrogen and oxygen atoms in total. The van der Waals surface area contributed by atoms with Gasteiger partial charge in [-0.05, 0) is 55.0 Å². The summed E-state index contributed by atoms with van der Waals surface area (Å²) in [7, 11) is 0. The third-order valence-corrected chi connectivity index (χ3v) is 4.52. The second kappa shape index (κ2) is 8.13. The van der Waals surface area contributed by atoms with Crippen molar-refractivity contribution in [1.82, 2.24) is 4.98 Å². The average Bonchev–Trinajstić information content (AvgIpc) is 2.66. The highest BCUT2D eigenvalue weighted by Gasteiger charge is 2.31. The molecule has 3 rings (SSSR count). The number of halogens is 4. The number of aromatic nitrogens is 1. The zero-order chi connectivity index (χ0) is 21.2. The summed E-state index contributed by atoms with van der Waals surface area (Å²) >= 11 is 5.88. The summed E-state index contributed by atoms with van der Waals surface area (Å²) in [4.78, 5) is 29.0. The zero-order valence-electron chi connectivity index (χ0n) is 15.3. The van der Waals surface area contributed by atoms with Gasteiger partial charge in [-0.2, -0.15) is 13.2 Å². The van der Waals surface area contributed by atoms with Crippen LogP contribution in [0.3, 0.4) is 0 Å². The highest BCUT2D eigenvalue weighted by molar-refractivity contribution is 6.30. The van der Waals surface area contributed by atoms with E-state index in [9.17, 15) is 22.8 Å². The van der Waals surface area contributed by atoms with Crippen LogP contribution in [0, 0.1) is 6.92 Å². The number of aryl methyl sites for hydroxylation is 1. The fraction of sp³-hybridized carbons (Fsp3) is 0.143. The highest BCUT2D eigenvalue weighted by atomic mass is 35.5. The van der Waals surface area contributed by atoms with Gasteiger partial charge >= 0.3 is 6.18 Å². The number of benzene rings is 2. The number of hydrogen-bond acceptors (Lipinski definition) is 2. The van der Waals surface area contributed by atoms with Crippen LogP contribution in [0.25, 0.3) is 0 Å². The maximum Gasteiger partial charge on any atom is 0.416 e. The summed E-state index contributed by atoms with van der Waals surface area (Å²) < 4.78 is 39.5. The molecule has 0 atom stereocenters. The molecule has 29 heavy (non-hydrogen) atoms. The first-order chi connectivity index (χ1) is 13.6. The Bertz CT molecular complexity index is 1090. The molecule has 1 heterocycles. The molecule has 3 aromatic rings. The molecule has 2 aromatic carbocycles. The molecule has 0 fully saturated rings. The van der Waals surface area contributed by atoms with E-state index in [1.165, 1.54) is 18.2 Å². The smallest absolute Gasteiger partial charge is 0.326 e. The lowest BCUT2D eigenvalue weighted by Gasteiger charge is -2.24. The Morgan fingerprint density at radius 2 is 1.76 bits per heavy atom. The Labute approximate surface area is 169 Å². The van der Waals surface area contributed by atoms with E-state index in [0.29, 0.717) is 16.3 Å². The summed E-state index contributed by atoms with van der Waals surface area (Å²) in [5.41, 5.74) is -0.426. The van der Waals surface area contributed by atoms with E-state index in [1.54, 1.807) is 37.3 Å². The molecule has 1 N–H and O–H groups in total. The number of nitrogens with one attached hydrogen (secondary N) is 1. The topological polar surface area (TPSA) is 53.2 Å². The SMILES string of the molecule is Cc1ccc(C(=O)N(Cc2ccc(Cl)cc2)c2cccc(C(F)(F)F)c2)c(=O)[nH]1. The maximum atomic E-state index is 13.2. The minimum absolute atomic E-state index is 0.0275. The van der Waals surface area contributed by atoms with Gasteiger partial charge in [0.2, 0.25) is 0 Å². The van der Waals surface area contributed by atoms with Crippen LogP contribution in [0.2, 0.25) is 5.02 Å². The van der Waals surface area contributed by atoms with Gasteiger partial charge in [0.25, 0.3) is 11.5 Å². The fourth-order valence-electron chi connectivity index (χ4n) is 2.79. The lowest BCUT2D eigenvalue weighted by atomic mass is 10.1. The van der Waals surface area contributed by atoms with Crippen LogP contribution in [-0.4, -0.2) is 10.9 Å². The van der Waals surface area contributed by atoms with Crippen LogP contribution >= 0.6 is 11.6 Å². The van der Waals surface area contributed by atoms with Crippen LogP contribution in [0.5, 0.6) is 0 Å². The quantitative estimate of drug-likeness (QED) is 0.630. The number of H-pyrrole nitrogens is 1. The van der Waals surface area contributed by atoms with E-state index in [0.717, 1.165) is 17.0 Å². The number of amides is 1.